The first-order valence-corrected chi connectivity index (χ1v) is 12.1. The first-order valence-electron chi connectivity index (χ1n) is 11.8. The van der Waals surface area contributed by atoms with Crippen LogP contribution in [0.25, 0.3) is 28.6 Å². The van der Waals surface area contributed by atoms with Crippen molar-refractivity contribution in [3.63, 3.8) is 0 Å². The molecule has 0 bridgehead atoms. The predicted octanol–water partition coefficient (Wildman–Crippen LogP) is 4.85. The third-order valence-electron chi connectivity index (χ3n) is 6.55. The number of piperidine rings is 1. The third-order valence-corrected chi connectivity index (χ3v) is 6.80. The second-order valence-corrected chi connectivity index (χ2v) is 9.27. The molecule has 4 aromatic rings. The van der Waals surface area contributed by atoms with Gasteiger partial charge in [-0.05, 0) is 48.6 Å². The average molecular weight is 504 g/mol. The van der Waals surface area contributed by atoms with Crippen molar-refractivity contribution >= 4 is 34.9 Å². The van der Waals surface area contributed by atoms with Gasteiger partial charge in [0.25, 0.3) is 0 Å². The Balaban J connectivity index is 1.34. The number of aryl methyl sites for hydroxylation is 1. The molecule has 0 radical (unpaired) electrons. The molecule has 36 heavy (non-hydrogen) atoms. The highest BCUT2D eigenvalue weighted by atomic mass is 35.5. The number of likely N-dealkylation sites (tertiary alicyclic amines) is 1. The first-order chi connectivity index (χ1) is 17.4. The minimum atomic E-state index is -0.433. The van der Waals surface area contributed by atoms with Gasteiger partial charge in [-0.1, -0.05) is 48.0 Å². The Labute approximate surface area is 213 Å². The highest BCUT2D eigenvalue weighted by Crippen LogP contribution is 2.24. The molecule has 0 saturated carbocycles. The Morgan fingerprint density at radius 1 is 1.14 bits per heavy atom. The molecular weight excluding hydrogens is 478 g/mol. The standard InChI is InChI=1S/C27H26ClN5O3/c1-31-25-23(17-29-24(30-25)20-4-3-5-22(16-20)36-2)33(26(31)34)27(35)32-14-12-19(13-15-32)7-6-18-8-10-21(28)11-9-18/h3-11,16-17,19H,12-15H2,1-2H3. The van der Waals surface area contributed by atoms with E-state index in [1.165, 1.54) is 15.3 Å². The van der Waals surface area contributed by atoms with Gasteiger partial charge in [0.2, 0.25) is 0 Å². The maximum absolute atomic E-state index is 13.4. The molecule has 184 valence electrons. The number of aromatic nitrogens is 4. The molecule has 0 N–H and O–H groups in total. The number of fused-ring (bicyclic) bond motifs is 1. The van der Waals surface area contributed by atoms with Crippen LogP contribution in [0.1, 0.15) is 18.4 Å². The van der Waals surface area contributed by atoms with Gasteiger partial charge in [-0.3, -0.25) is 4.57 Å². The van der Waals surface area contributed by atoms with Crippen molar-refractivity contribution in [3.8, 4) is 17.1 Å². The molecule has 0 atom stereocenters. The van der Waals surface area contributed by atoms with Crippen LogP contribution < -0.4 is 10.4 Å². The molecule has 3 heterocycles. The lowest BCUT2D eigenvalue weighted by Gasteiger charge is -2.30. The molecule has 1 aliphatic heterocycles. The minimum Gasteiger partial charge on any atom is -0.497 e. The van der Waals surface area contributed by atoms with E-state index in [1.807, 2.05) is 48.5 Å². The number of carbonyl (C=O) groups excluding carboxylic acids is 1. The van der Waals surface area contributed by atoms with Crippen molar-refractivity contribution < 1.29 is 9.53 Å². The number of hydrogen-bond donors (Lipinski definition) is 0. The van der Waals surface area contributed by atoms with Gasteiger partial charge in [0.15, 0.2) is 11.5 Å². The summed E-state index contributed by atoms with van der Waals surface area (Å²) in [5.74, 6) is 1.50. The highest BCUT2D eigenvalue weighted by Gasteiger charge is 2.27. The summed E-state index contributed by atoms with van der Waals surface area (Å²) in [6, 6.07) is 14.7. The quantitative estimate of drug-likeness (QED) is 0.397. The molecule has 0 spiro atoms. The number of nitrogens with zero attached hydrogens (tertiary/aromatic N) is 5. The van der Waals surface area contributed by atoms with E-state index in [1.54, 1.807) is 19.1 Å². The van der Waals surface area contributed by atoms with E-state index in [9.17, 15) is 9.59 Å². The molecule has 1 saturated heterocycles. The zero-order valence-electron chi connectivity index (χ0n) is 20.1. The Kier molecular flexibility index (Phi) is 6.61. The maximum Gasteiger partial charge on any atom is 0.338 e. The van der Waals surface area contributed by atoms with Crippen LogP contribution in [0.3, 0.4) is 0 Å². The topological polar surface area (TPSA) is 82.2 Å². The number of imidazole rings is 1. The normalized spacial score (nSPS) is 14.6. The van der Waals surface area contributed by atoms with Gasteiger partial charge in [0.1, 0.15) is 11.3 Å². The number of amides is 1. The largest absolute Gasteiger partial charge is 0.497 e. The molecule has 0 aliphatic carbocycles. The van der Waals surface area contributed by atoms with Gasteiger partial charge < -0.3 is 9.64 Å². The van der Waals surface area contributed by atoms with E-state index in [-0.39, 0.29) is 6.03 Å². The van der Waals surface area contributed by atoms with Gasteiger partial charge in [-0.2, -0.15) is 0 Å². The Bertz CT molecular complexity index is 1500. The number of halogens is 1. The molecule has 9 heteroatoms. The summed E-state index contributed by atoms with van der Waals surface area (Å²) in [7, 11) is 3.21. The van der Waals surface area contributed by atoms with Crippen LogP contribution in [-0.2, 0) is 7.05 Å². The monoisotopic (exact) mass is 503 g/mol. The van der Waals surface area contributed by atoms with E-state index in [2.05, 4.69) is 22.1 Å². The van der Waals surface area contributed by atoms with Crippen LogP contribution in [0, 0.1) is 5.92 Å². The molecule has 2 aromatic heterocycles. The number of carbonyl (C=O) groups is 1. The number of ether oxygens (including phenoxy) is 1. The Morgan fingerprint density at radius 3 is 2.61 bits per heavy atom. The fraction of sp³-hybridized carbons (Fsp3) is 0.259. The van der Waals surface area contributed by atoms with Crippen LogP contribution in [0.4, 0.5) is 4.79 Å². The van der Waals surface area contributed by atoms with E-state index in [4.69, 9.17) is 16.3 Å². The van der Waals surface area contributed by atoms with Crippen molar-refractivity contribution in [2.45, 2.75) is 12.8 Å². The summed E-state index contributed by atoms with van der Waals surface area (Å²) in [5, 5.41) is 0.713. The molecule has 1 aliphatic rings. The lowest BCUT2D eigenvalue weighted by Crippen LogP contribution is -2.44. The number of benzene rings is 2. The summed E-state index contributed by atoms with van der Waals surface area (Å²) >= 11 is 5.95. The van der Waals surface area contributed by atoms with E-state index in [0.29, 0.717) is 46.8 Å². The summed E-state index contributed by atoms with van der Waals surface area (Å²) in [6.07, 6.45) is 7.46. The van der Waals surface area contributed by atoms with Crippen molar-refractivity contribution in [1.29, 1.82) is 0 Å². The van der Waals surface area contributed by atoms with Crippen molar-refractivity contribution in [1.82, 2.24) is 24.0 Å². The molecule has 0 unspecified atom stereocenters. The molecule has 8 nitrogen and oxygen atoms in total. The summed E-state index contributed by atoms with van der Waals surface area (Å²) < 4.78 is 7.85. The van der Waals surface area contributed by atoms with Crippen molar-refractivity contribution in [3.05, 3.63) is 81.9 Å². The van der Waals surface area contributed by atoms with Gasteiger partial charge in [0, 0.05) is 30.7 Å². The van der Waals surface area contributed by atoms with Crippen LogP contribution >= 0.6 is 11.6 Å². The lowest BCUT2D eigenvalue weighted by molar-refractivity contribution is 0.179. The zero-order chi connectivity index (χ0) is 25.2. The van der Waals surface area contributed by atoms with Gasteiger partial charge in [-0.15, -0.1) is 0 Å². The minimum absolute atomic E-state index is 0.344. The summed E-state index contributed by atoms with van der Waals surface area (Å²) in [6.45, 7) is 1.14. The molecule has 1 amide bonds. The van der Waals surface area contributed by atoms with Crippen LogP contribution in [-0.4, -0.2) is 50.2 Å². The first kappa shape index (κ1) is 23.8. The number of allylic oxidation sites excluding steroid dienone is 1. The second-order valence-electron chi connectivity index (χ2n) is 8.83. The fourth-order valence-corrected chi connectivity index (χ4v) is 4.57. The summed E-state index contributed by atoms with van der Waals surface area (Å²) in [5.41, 5.74) is 2.22. The molecule has 1 fully saturated rings. The smallest absolute Gasteiger partial charge is 0.338 e. The maximum atomic E-state index is 13.4. The fourth-order valence-electron chi connectivity index (χ4n) is 4.45. The lowest BCUT2D eigenvalue weighted by atomic mass is 9.96. The summed E-state index contributed by atoms with van der Waals surface area (Å²) in [4.78, 5) is 37.2. The van der Waals surface area contributed by atoms with Crippen LogP contribution in [0.15, 0.2) is 65.6 Å². The Morgan fingerprint density at radius 2 is 1.89 bits per heavy atom. The molecule has 2 aromatic carbocycles. The highest BCUT2D eigenvalue weighted by molar-refractivity contribution is 6.30. The Hall–Kier alpha value is -3.91. The van der Waals surface area contributed by atoms with Crippen LogP contribution in [0.2, 0.25) is 5.02 Å². The van der Waals surface area contributed by atoms with Gasteiger partial charge in [-0.25, -0.2) is 24.1 Å². The van der Waals surface area contributed by atoms with Gasteiger partial charge >= 0.3 is 11.7 Å². The van der Waals surface area contributed by atoms with Crippen molar-refractivity contribution in [2.75, 3.05) is 20.2 Å². The van der Waals surface area contributed by atoms with Gasteiger partial charge in [0.05, 0.1) is 13.3 Å². The molecular formula is C27H26ClN5O3. The predicted molar refractivity (Wildman–Crippen MR) is 140 cm³/mol. The van der Waals surface area contributed by atoms with Crippen molar-refractivity contribution in [2.24, 2.45) is 13.0 Å². The third kappa shape index (κ3) is 4.64. The molecule has 5 rings (SSSR count). The average Bonchev–Trinajstić information content (AvgIpc) is 3.17. The zero-order valence-corrected chi connectivity index (χ0v) is 20.9. The SMILES string of the molecule is COc1cccc(-c2ncc3c(n2)n(C)c(=O)n3C(=O)N2CCC(C=Cc3ccc(Cl)cc3)CC2)c1. The van der Waals surface area contributed by atoms with Crippen LogP contribution in [0.5, 0.6) is 5.75 Å². The number of hydrogen-bond acceptors (Lipinski definition) is 5. The number of rotatable bonds is 4. The van der Waals surface area contributed by atoms with E-state index >= 15 is 0 Å². The van der Waals surface area contributed by atoms with E-state index < -0.39 is 5.69 Å². The van der Waals surface area contributed by atoms with E-state index in [0.717, 1.165) is 24.0 Å². The number of methoxy groups -OCH3 is 1. The second kappa shape index (κ2) is 9.99.